The lowest BCUT2D eigenvalue weighted by molar-refractivity contribution is -0.141. The number of rotatable bonds is 3. The lowest BCUT2D eigenvalue weighted by Crippen LogP contribution is -2.52. The number of ether oxygens (including phenoxy) is 1. The molecule has 2 fully saturated rings. The fraction of sp³-hybridized carbons (Fsp3) is 0.933. The van der Waals surface area contributed by atoms with E-state index in [4.69, 9.17) is 4.74 Å². The van der Waals surface area contributed by atoms with Gasteiger partial charge in [0.1, 0.15) is 0 Å². The Hall–Kier alpha value is -0.750. The first-order chi connectivity index (χ1) is 9.92. The molecule has 2 saturated heterocycles. The van der Waals surface area contributed by atoms with Gasteiger partial charge in [-0.3, -0.25) is 4.79 Å². The Balaban J connectivity index is 2.01. The van der Waals surface area contributed by atoms with Crippen LogP contribution in [0.2, 0.25) is 0 Å². The van der Waals surface area contributed by atoms with Crippen molar-refractivity contribution in [2.24, 2.45) is 11.8 Å². The van der Waals surface area contributed by atoms with Crippen LogP contribution in [0.1, 0.15) is 39.5 Å². The number of nitrogens with one attached hydrogen (secondary N) is 2. The highest BCUT2D eigenvalue weighted by atomic mass is 19.3. The first kappa shape index (κ1) is 16.6. The Morgan fingerprint density at radius 3 is 2.81 bits per heavy atom. The van der Waals surface area contributed by atoms with Crippen molar-refractivity contribution < 1.29 is 18.3 Å². The first-order valence-corrected chi connectivity index (χ1v) is 7.92. The highest BCUT2D eigenvalue weighted by molar-refractivity contribution is 5.79. The van der Waals surface area contributed by atoms with Crippen LogP contribution in [0.25, 0.3) is 0 Å². The van der Waals surface area contributed by atoms with Crippen molar-refractivity contribution in [2.45, 2.75) is 57.6 Å². The van der Waals surface area contributed by atoms with Crippen LogP contribution in [0.3, 0.4) is 0 Å². The molecule has 0 aromatic heterocycles. The molecule has 0 aromatic carbocycles. The minimum absolute atomic E-state index is 0.170. The molecule has 1 unspecified atom stereocenters. The summed E-state index contributed by atoms with van der Waals surface area (Å²) in [6, 6.07) is -1.07. The molecule has 3 atom stereocenters. The maximum absolute atomic E-state index is 14.0. The van der Waals surface area contributed by atoms with E-state index in [-0.39, 0.29) is 36.7 Å². The molecule has 122 valence electrons. The third kappa shape index (κ3) is 4.13. The maximum atomic E-state index is 14.0. The lowest BCUT2D eigenvalue weighted by atomic mass is 9.86. The molecule has 0 aliphatic carbocycles. The van der Waals surface area contributed by atoms with Gasteiger partial charge in [-0.2, -0.15) is 0 Å². The second-order valence-electron chi connectivity index (χ2n) is 6.44. The van der Waals surface area contributed by atoms with Gasteiger partial charge >= 0.3 is 0 Å². The molecular weight excluding hydrogens is 278 g/mol. The van der Waals surface area contributed by atoms with Gasteiger partial charge in [0.2, 0.25) is 5.91 Å². The minimum Gasteiger partial charge on any atom is -0.377 e. The summed E-state index contributed by atoms with van der Waals surface area (Å²) in [5, 5.41) is 5.55. The van der Waals surface area contributed by atoms with E-state index < -0.39 is 12.0 Å². The monoisotopic (exact) mass is 304 g/mol. The molecule has 2 aliphatic rings. The summed E-state index contributed by atoms with van der Waals surface area (Å²) in [6.07, 6.45) is 1.39. The Morgan fingerprint density at radius 2 is 2.10 bits per heavy atom. The van der Waals surface area contributed by atoms with Crippen LogP contribution in [0, 0.1) is 11.8 Å². The largest absolute Gasteiger partial charge is 0.377 e. The normalized spacial score (nSPS) is 33.5. The molecule has 1 amide bonds. The Morgan fingerprint density at radius 1 is 1.33 bits per heavy atom. The van der Waals surface area contributed by atoms with Crippen LogP contribution in [0.15, 0.2) is 0 Å². The topological polar surface area (TPSA) is 50.4 Å². The van der Waals surface area contributed by atoms with Crippen molar-refractivity contribution in [3.63, 3.8) is 0 Å². The van der Waals surface area contributed by atoms with Gasteiger partial charge in [0, 0.05) is 19.6 Å². The predicted octanol–water partition coefficient (Wildman–Crippen LogP) is 1.94. The van der Waals surface area contributed by atoms with E-state index in [0.29, 0.717) is 26.1 Å². The second-order valence-corrected chi connectivity index (χ2v) is 6.44. The Bertz CT molecular complexity index is 364. The highest BCUT2D eigenvalue weighted by Gasteiger charge is 2.43. The van der Waals surface area contributed by atoms with E-state index in [0.717, 1.165) is 6.42 Å². The highest BCUT2D eigenvalue weighted by Crippen LogP contribution is 2.29. The number of hydrogen-bond acceptors (Lipinski definition) is 3. The summed E-state index contributed by atoms with van der Waals surface area (Å²) in [4.78, 5) is 12.4. The zero-order valence-electron chi connectivity index (χ0n) is 12.8. The molecule has 2 N–H and O–H groups in total. The lowest BCUT2D eigenvalue weighted by Gasteiger charge is -2.35. The zero-order valence-corrected chi connectivity index (χ0v) is 12.8. The van der Waals surface area contributed by atoms with Crippen LogP contribution in [-0.2, 0) is 9.53 Å². The molecule has 0 saturated carbocycles. The number of amides is 1. The van der Waals surface area contributed by atoms with E-state index in [9.17, 15) is 13.6 Å². The van der Waals surface area contributed by atoms with E-state index in [1.807, 2.05) is 13.8 Å². The van der Waals surface area contributed by atoms with Crippen LogP contribution < -0.4 is 10.6 Å². The van der Waals surface area contributed by atoms with Crippen molar-refractivity contribution in [1.29, 1.82) is 0 Å². The third-order valence-electron chi connectivity index (χ3n) is 4.43. The standard InChI is InChI=1S/C15H26F2N2O2/c1-10(2)13-11(4-3-9-21-13)14(20)19-12-5-7-18-8-6-15(12,16)17/h10-13,18H,3-9H2,1-2H3,(H,19,20)/t11-,12?,13-/m0/s1. The van der Waals surface area contributed by atoms with Gasteiger partial charge in [0.25, 0.3) is 5.92 Å². The molecule has 6 heteroatoms. The summed E-state index contributed by atoms with van der Waals surface area (Å²) in [6.45, 7) is 5.45. The molecule has 4 nitrogen and oxygen atoms in total. The van der Waals surface area contributed by atoms with Crippen LogP contribution in [0.5, 0.6) is 0 Å². The summed E-state index contributed by atoms with van der Waals surface area (Å²) in [5.41, 5.74) is 0. The zero-order chi connectivity index (χ0) is 15.5. The molecule has 2 rings (SSSR count). The van der Waals surface area contributed by atoms with Crippen LogP contribution >= 0.6 is 0 Å². The van der Waals surface area contributed by atoms with Crippen molar-refractivity contribution >= 4 is 5.91 Å². The van der Waals surface area contributed by atoms with Crippen LogP contribution in [0.4, 0.5) is 8.78 Å². The number of halogens is 2. The molecular formula is C15H26F2N2O2. The number of alkyl halides is 2. The van der Waals surface area contributed by atoms with Gasteiger partial charge in [-0.15, -0.1) is 0 Å². The van der Waals surface area contributed by atoms with E-state index >= 15 is 0 Å². The second kappa shape index (κ2) is 7.01. The molecule has 0 aromatic rings. The molecule has 0 spiro atoms. The third-order valence-corrected chi connectivity index (χ3v) is 4.43. The molecule has 2 heterocycles. The Kier molecular flexibility index (Phi) is 5.54. The summed E-state index contributed by atoms with van der Waals surface area (Å²) in [7, 11) is 0. The summed E-state index contributed by atoms with van der Waals surface area (Å²) >= 11 is 0. The SMILES string of the molecule is CC(C)[C@@H]1OCCC[C@@H]1C(=O)NC1CCNCCC1(F)F. The fourth-order valence-electron chi connectivity index (χ4n) is 3.21. The summed E-state index contributed by atoms with van der Waals surface area (Å²) < 4.78 is 33.7. The average Bonchev–Trinajstić information content (AvgIpc) is 2.60. The van der Waals surface area contributed by atoms with Gasteiger partial charge in [0.15, 0.2) is 0 Å². The van der Waals surface area contributed by atoms with Crippen molar-refractivity contribution in [1.82, 2.24) is 10.6 Å². The van der Waals surface area contributed by atoms with E-state index in [2.05, 4.69) is 10.6 Å². The number of hydrogen-bond donors (Lipinski definition) is 2. The molecule has 0 radical (unpaired) electrons. The number of carbonyl (C=O) groups is 1. The number of carbonyl (C=O) groups excluding carboxylic acids is 1. The van der Waals surface area contributed by atoms with Gasteiger partial charge in [-0.1, -0.05) is 13.8 Å². The van der Waals surface area contributed by atoms with Crippen molar-refractivity contribution in [2.75, 3.05) is 19.7 Å². The van der Waals surface area contributed by atoms with E-state index in [1.54, 1.807) is 0 Å². The van der Waals surface area contributed by atoms with Gasteiger partial charge in [-0.05, 0) is 31.7 Å². The molecule has 21 heavy (non-hydrogen) atoms. The van der Waals surface area contributed by atoms with Crippen molar-refractivity contribution in [3.05, 3.63) is 0 Å². The average molecular weight is 304 g/mol. The Labute approximate surface area is 125 Å². The quantitative estimate of drug-likeness (QED) is 0.838. The predicted molar refractivity (Wildman–Crippen MR) is 76.3 cm³/mol. The summed E-state index contributed by atoms with van der Waals surface area (Å²) in [5.74, 6) is -3.23. The van der Waals surface area contributed by atoms with E-state index in [1.165, 1.54) is 0 Å². The minimum atomic E-state index is -2.85. The van der Waals surface area contributed by atoms with Gasteiger partial charge < -0.3 is 15.4 Å². The fourth-order valence-corrected chi connectivity index (χ4v) is 3.21. The van der Waals surface area contributed by atoms with Gasteiger partial charge in [0.05, 0.1) is 18.1 Å². The molecule has 0 bridgehead atoms. The van der Waals surface area contributed by atoms with Crippen molar-refractivity contribution in [3.8, 4) is 0 Å². The molecule has 2 aliphatic heterocycles. The first-order valence-electron chi connectivity index (χ1n) is 7.92. The smallest absolute Gasteiger partial charge is 0.269 e. The maximum Gasteiger partial charge on any atom is 0.269 e. The van der Waals surface area contributed by atoms with Gasteiger partial charge in [-0.25, -0.2) is 8.78 Å². The van der Waals surface area contributed by atoms with Crippen LogP contribution in [-0.4, -0.2) is 43.7 Å².